The Morgan fingerprint density at radius 2 is 1.70 bits per heavy atom. The zero-order chi connectivity index (χ0) is 34.8. The number of nitrogens with zero attached hydrogens (tertiary/aromatic N) is 5. The summed E-state index contributed by atoms with van der Waals surface area (Å²) in [4.78, 5) is 48.7. The molecule has 0 spiro atoms. The zero-order valence-electron chi connectivity index (χ0n) is 28.6. The molecule has 3 aliphatic rings. The van der Waals surface area contributed by atoms with Crippen molar-refractivity contribution in [2.75, 3.05) is 51.3 Å². The summed E-state index contributed by atoms with van der Waals surface area (Å²) in [6, 6.07) is 14.8. The van der Waals surface area contributed by atoms with Gasteiger partial charge < -0.3 is 34.3 Å². The number of piperidine rings is 2. The highest BCUT2D eigenvalue weighted by atomic mass is 16.5. The molecule has 3 saturated heterocycles. The minimum atomic E-state index is -0.874. The van der Waals surface area contributed by atoms with E-state index in [-0.39, 0.29) is 17.6 Å². The summed E-state index contributed by atoms with van der Waals surface area (Å²) in [5, 5.41) is 13.8. The molecule has 2 N–H and O–H groups in total. The third-order valence-electron chi connectivity index (χ3n) is 10.3. The fourth-order valence-electron chi connectivity index (χ4n) is 7.43. The van der Waals surface area contributed by atoms with Crippen molar-refractivity contribution < 1.29 is 24.2 Å². The number of hydrogen-bond acceptors (Lipinski definition) is 8. The van der Waals surface area contributed by atoms with E-state index in [4.69, 9.17) is 9.47 Å². The number of benzene rings is 2. The molecule has 0 bridgehead atoms. The van der Waals surface area contributed by atoms with Crippen molar-refractivity contribution in [3.63, 3.8) is 0 Å². The first kappa shape index (κ1) is 33.6. The number of hydrogen-bond donors (Lipinski definition) is 2. The number of pyridine rings is 2. The molecule has 1 atom stereocenters. The molecule has 4 aromatic rings. The Labute approximate surface area is 291 Å². The van der Waals surface area contributed by atoms with E-state index in [9.17, 15) is 19.5 Å². The van der Waals surface area contributed by atoms with Gasteiger partial charge in [-0.05, 0) is 78.9 Å². The molecule has 0 aliphatic carbocycles. The van der Waals surface area contributed by atoms with Gasteiger partial charge in [0, 0.05) is 82.5 Å². The van der Waals surface area contributed by atoms with Crippen LogP contribution in [-0.2, 0) is 7.05 Å². The number of aryl methyl sites for hydroxylation is 1. The molecule has 2 aromatic heterocycles. The molecule has 12 heteroatoms. The van der Waals surface area contributed by atoms with E-state index >= 15 is 0 Å². The zero-order valence-corrected chi connectivity index (χ0v) is 28.6. The standard InChI is InChI=1S/C38H44N6O6/c1-41-24-32(30-9-15-39-22-31(30)37(41)47)26-3-6-28(7-4-26)50-29-12-16-42(17-13-29)23-25-10-18-43(19-11-25)36(46)27-5-8-34(49-2)33(21-27)44-20-14-35(45)40-38(44)48/h3-9,15,21-22,24-25,29,35,45H,10-14,16-20,23H2,1-2H3,(H,40,48). The van der Waals surface area contributed by atoms with Crippen LogP contribution in [0.1, 0.15) is 42.5 Å². The number of anilines is 1. The third kappa shape index (κ3) is 7.03. The van der Waals surface area contributed by atoms with Crippen LogP contribution in [0.25, 0.3) is 21.9 Å². The van der Waals surface area contributed by atoms with Crippen molar-refractivity contribution in [1.82, 2.24) is 24.7 Å². The number of rotatable bonds is 8. The number of aliphatic hydroxyl groups excluding tert-OH is 1. The molecule has 1 unspecified atom stereocenters. The third-order valence-corrected chi connectivity index (χ3v) is 10.3. The highest BCUT2D eigenvalue weighted by Gasteiger charge is 2.30. The van der Waals surface area contributed by atoms with Crippen LogP contribution >= 0.6 is 0 Å². The first-order chi connectivity index (χ1) is 24.3. The largest absolute Gasteiger partial charge is 0.495 e. The maximum absolute atomic E-state index is 13.5. The number of methoxy groups -OCH3 is 1. The Balaban J connectivity index is 0.885. The van der Waals surface area contributed by atoms with E-state index in [2.05, 4.69) is 15.2 Å². The number of amides is 3. The van der Waals surface area contributed by atoms with Crippen molar-refractivity contribution in [2.45, 2.75) is 44.4 Å². The van der Waals surface area contributed by atoms with E-state index in [1.165, 1.54) is 12.0 Å². The summed E-state index contributed by atoms with van der Waals surface area (Å²) in [7, 11) is 3.30. The second-order valence-electron chi connectivity index (χ2n) is 13.6. The molecule has 0 radical (unpaired) electrons. The Kier molecular flexibility index (Phi) is 9.73. The van der Waals surface area contributed by atoms with Crippen molar-refractivity contribution in [3.05, 3.63) is 83.0 Å². The molecule has 12 nitrogen and oxygen atoms in total. The molecule has 3 amide bonds. The van der Waals surface area contributed by atoms with Gasteiger partial charge in [0.05, 0.1) is 18.2 Å². The van der Waals surface area contributed by atoms with Crippen LogP contribution in [-0.4, -0.2) is 95.1 Å². The number of carbonyl (C=O) groups excluding carboxylic acids is 2. The number of fused-ring (bicyclic) bond motifs is 1. The molecule has 50 heavy (non-hydrogen) atoms. The number of carbonyl (C=O) groups is 2. The Hall–Kier alpha value is -4.94. The van der Waals surface area contributed by atoms with Gasteiger partial charge in [-0.25, -0.2) is 4.79 Å². The second kappa shape index (κ2) is 14.5. The fourth-order valence-corrected chi connectivity index (χ4v) is 7.43. The highest BCUT2D eigenvalue weighted by Crippen LogP contribution is 2.33. The van der Waals surface area contributed by atoms with Crippen molar-refractivity contribution in [1.29, 1.82) is 0 Å². The molecule has 7 rings (SSSR count). The molecule has 262 valence electrons. The van der Waals surface area contributed by atoms with Crippen LogP contribution in [0.4, 0.5) is 10.5 Å². The SMILES string of the molecule is COc1ccc(C(=O)N2CCC(CN3CCC(Oc4ccc(-c5cn(C)c(=O)c6cnccc56)cc4)CC3)CC2)cc1N1CCC(O)NC1=O. The van der Waals surface area contributed by atoms with Gasteiger partial charge in [0.15, 0.2) is 0 Å². The summed E-state index contributed by atoms with van der Waals surface area (Å²) >= 11 is 0. The summed E-state index contributed by atoms with van der Waals surface area (Å²) in [5.41, 5.74) is 2.99. The van der Waals surface area contributed by atoms with Gasteiger partial charge in [-0.15, -0.1) is 0 Å². The summed E-state index contributed by atoms with van der Waals surface area (Å²) < 4.78 is 13.5. The van der Waals surface area contributed by atoms with Gasteiger partial charge in [-0.1, -0.05) is 12.1 Å². The first-order valence-corrected chi connectivity index (χ1v) is 17.4. The Morgan fingerprint density at radius 3 is 2.42 bits per heavy atom. The summed E-state index contributed by atoms with van der Waals surface area (Å²) in [5.74, 6) is 1.84. The lowest BCUT2D eigenvalue weighted by atomic mass is 9.94. The van der Waals surface area contributed by atoms with E-state index in [1.807, 2.05) is 41.4 Å². The van der Waals surface area contributed by atoms with Gasteiger partial charge in [0.2, 0.25) is 0 Å². The van der Waals surface area contributed by atoms with Gasteiger partial charge in [0.25, 0.3) is 11.5 Å². The van der Waals surface area contributed by atoms with E-state index < -0.39 is 12.3 Å². The summed E-state index contributed by atoms with van der Waals surface area (Å²) in [6.07, 6.45) is 8.72. The fraction of sp³-hybridized carbons (Fsp3) is 0.421. The van der Waals surface area contributed by atoms with Gasteiger partial charge >= 0.3 is 6.03 Å². The highest BCUT2D eigenvalue weighted by molar-refractivity contribution is 5.99. The van der Waals surface area contributed by atoms with Crippen LogP contribution in [0.15, 0.2) is 71.9 Å². The summed E-state index contributed by atoms with van der Waals surface area (Å²) in [6.45, 7) is 4.71. The lowest BCUT2D eigenvalue weighted by Gasteiger charge is -2.38. The number of aliphatic hydroxyl groups is 1. The molecular formula is C38H44N6O6. The minimum absolute atomic E-state index is 0.0455. The predicted octanol–water partition coefficient (Wildman–Crippen LogP) is 4.24. The smallest absolute Gasteiger partial charge is 0.324 e. The number of aromatic nitrogens is 2. The maximum atomic E-state index is 13.5. The number of nitrogens with one attached hydrogen (secondary N) is 1. The van der Waals surface area contributed by atoms with Crippen LogP contribution in [0.3, 0.4) is 0 Å². The van der Waals surface area contributed by atoms with Crippen molar-refractivity contribution >= 4 is 28.4 Å². The number of urea groups is 1. The number of likely N-dealkylation sites (tertiary alicyclic amines) is 2. The molecule has 5 heterocycles. The average molecular weight is 681 g/mol. The lowest BCUT2D eigenvalue weighted by Crippen LogP contribution is -2.52. The van der Waals surface area contributed by atoms with E-state index in [0.29, 0.717) is 54.4 Å². The molecule has 0 saturated carbocycles. The normalized spacial score (nSPS) is 19.4. The minimum Gasteiger partial charge on any atom is -0.495 e. The van der Waals surface area contributed by atoms with Crippen LogP contribution in [0, 0.1) is 5.92 Å². The second-order valence-corrected chi connectivity index (χ2v) is 13.6. The predicted molar refractivity (Wildman–Crippen MR) is 191 cm³/mol. The monoisotopic (exact) mass is 680 g/mol. The van der Waals surface area contributed by atoms with Crippen LogP contribution in [0.5, 0.6) is 11.5 Å². The van der Waals surface area contributed by atoms with Crippen molar-refractivity contribution in [3.8, 4) is 22.6 Å². The van der Waals surface area contributed by atoms with Crippen LogP contribution < -0.4 is 25.2 Å². The van der Waals surface area contributed by atoms with Crippen LogP contribution in [0.2, 0.25) is 0 Å². The molecular weight excluding hydrogens is 636 g/mol. The molecule has 3 fully saturated rings. The molecule has 3 aliphatic heterocycles. The number of ether oxygens (including phenoxy) is 2. The van der Waals surface area contributed by atoms with Crippen molar-refractivity contribution in [2.24, 2.45) is 13.0 Å². The first-order valence-electron chi connectivity index (χ1n) is 17.4. The maximum Gasteiger partial charge on any atom is 0.324 e. The Bertz CT molecular complexity index is 1910. The quantitative estimate of drug-likeness (QED) is 0.283. The average Bonchev–Trinajstić information content (AvgIpc) is 3.14. The van der Waals surface area contributed by atoms with E-state index in [1.54, 1.807) is 42.2 Å². The van der Waals surface area contributed by atoms with E-state index in [0.717, 1.165) is 67.6 Å². The lowest BCUT2D eigenvalue weighted by molar-refractivity contribution is 0.0606. The van der Waals surface area contributed by atoms with Gasteiger partial charge in [-0.2, -0.15) is 0 Å². The Morgan fingerprint density at radius 1 is 0.940 bits per heavy atom. The van der Waals surface area contributed by atoms with Gasteiger partial charge in [-0.3, -0.25) is 19.5 Å². The van der Waals surface area contributed by atoms with Gasteiger partial charge in [0.1, 0.15) is 23.8 Å². The topological polar surface area (TPSA) is 129 Å². The molecule has 2 aromatic carbocycles.